The molecule has 1 unspecified atom stereocenters. The Labute approximate surface area is 176 Å². The van der Waals surface area contributed by atoms with Gasteiger partial charge >= 0.3 is 0 Å². The predicted molar refractivity (Wildman–Crippen MR) is 117 cm³/mol. The number of carbonyl (C=O) groups excluding carboxylic acids is 1. The van der Waals surface area contributed by atoms with Gasteiger partial charge in [-0.15, -0.1) is 0 Å². The number of aromatic nitrogens is 1. The van der Waals surface area contributed by atoms with Crippen LogP contribution in [0.3, 0.4) is 0 Å². The molecular weight excluding hydrogens is 400 g/mol. The molecule has 4 rings (SSSR count). The van der Waals surface area contributed by atoms with Crippen molar-refractivity contribution in [2.24, 2.45) is 5.92 Å². The van der Waals surface area contributed by atoms with E-state index >= 15 is 0 Å². The molecule has 0 aliphatic carbocycles. The number of carbonyl (C=O) groups is 1. The number of hydrogen-bond acceptors (Lipinski definition) is 5. The van der Waals surface area contributed by atoms with Gasteiger partial charge in [0.25, 0.3) is 5.91 Å². The van der Waals surface area contributed by atoms with E-state index in [4.69, 9.17) is 4.52 Å². The summed E-state index contributed by atoms with van der Waals surface area (Å²) in [4.78, 5) is 14.8. The molecule has 1 aromatic heterocycles. The van der Waals surface area contributed by atoms with E-state index in [0.29, 0.717) is 18.7 Å². The van der Waals surface area contributed by atoms with Gasteiger partial charge in [0.15, 0.2) is 0 Å². The highest BCUT2D eigenvalue weighted by Gasteiger charge is 2.26. The van der Waals surface area contributed by atoms with Gasteiger partial charge < -0.3 is 9.42 Å². The second-order valence-corrected chi connectivity index (χ2v) is 10.5. The van der Waals surface area contributed by atoms with Gasteiger partial charge in [-0.3, -0.25) is 4.79 Å². The Morgan fingerprint density at radius 3 is 2.60 bits per heavy atom. The lowest BCUT2D eigenvalue weighted by Gasteiger charge is -2.32. The zero-order valence-electron chi connectivity index (χ0n) is 17.5. The first-order chi connectivity index (χ1) is 14.2. The van der Waals surface area contributed by atoms with Gasteiger partial charge in [-0.1, -0.05) is 23.4 Å². The third-order valence-corrected chi connectivity index (χ3v) is 6.83. The highest BCUT2D eigenvalue weighted by molar-refractivity contribution is 7.90. The molecule has 0 N–H and O–H groups in total. The molecule has 1 atom stereocenters. The molecule has 7 heteroatoms. The number of piperidine rings is 1. The topological polar surface area (TPSA) is 80.5 Å². The number of hydrogen-bond donors (Lipinski definition) is 0. The molecule has 0 radical (unpaired) electrons. The van der Waals surface area contributed by atoms with Crippen LogP contribution in [-0.4, -0.2) is 49.5 Å². The summed E-state index contributed by atoms with van der Waals surface area (Å²) in [5.74, 6) is 0.895. The summed E-state index contributed by atoms with van der Waals surface area (Å²) in [6, 6.07) is 11.8. The number of fused-ring (bicyclic) bond motifs is 1. The molecule has 0 bridgehead atoms. The highest BCUT2D eigenvalue weighted by atomic mass is 32.2. The third-order valence-electron chi connectivity index (χ3n) is 5.75. The normalized spacial score (nSPS) is 17.4. The monoisotopic (exact) mass is 426 g/mol. The number of likely N-dealkylation sites (tertiary alicyclic amines) is 1. The first-order valence-electron chi connectivity index (χ1n) is 10.2. The Hall–Kier alpha value is -2.67. The molecule has 1 fully saturated rings. The predicted octanol–water partition coefficient (Wildman–Crippen LogP) is 4.01. The number of nitrogens with zero attached hydrogens (tertiary/aromatic N) is 2. The van der Waals surface area contributed by atoms with Gasteiger partial charge in [0.1, 0.15) is 15.6 Å². The summed E-state index contributed by atoms with van der Waals surface area (Å²) in [5.41, 5.74) is 3.53. The van der Waals surface area contributed by atoms with Gasteiger partial charge in [0.05, 0.1) is 11.4 Å². The van der Waals surface area contributed by atoms with Crippen LogP contribution in [0.15, 0.2) is 40.9 Å². The molecule has 3 aromatic rings. The maximum absolute atomic E-state index is 13.1. The summed E-state index contributed by atoms with van der Waals surface area (Å²) in [6.45, 7) is 4.99. The van der Waals surface area contributed by atoms with E-state index in [0.717, 1.165) is 46.2 Å². The number of amides is 1. The zero-order chi connectivity index (χ0) is 21.5. The molecule has 1 aliphatic heterocycles. The van der Waals surface area contributed by atoms with Crippen LogP contribution in [0.1, 0.15) is 34.7 Å². The van der Waals surface area contributed by atoms with Crippen molar-refractivity contribution < 1.29 is 17.7 Å². The SMILES string of the molecule is Cc1noc(C)c1-c1ccc2cc(C(=O)N3CCCC(CS(C)(=O)=O)C3)ccc2c1. The fourth-order valence-electron chi connectivity index (χ4n) is 4.43. The van der Waals surface area contributed by atoms with Crippen LogP contribution in [0.5, 0.6) is 0 Å². The van der Waals surface area contributed by atoms with E-state index in [9.17, 15) is 13.2 Å². The molecule has 0 spiro atoms. The second kappa shape index (κ2) is 7.87. The average molecular weight is 427 g/mol. The van der Waals surface area contributed by atoms with E-state index in [1.54, 1.807) is 4.90 Å². The average Bonchev–Trinajstić information content (AvgIpc) is 3.03. The Morgan fingerprint density at radius 2 is 1.90 bits per heavy atom. The van der Waals surface area contributed by atoms with Crippen LogP contribution in [-0.2, 0) is 9.84 Å². The molecule has 2 heterocycles. The van der Waals surface area contributed by atoms with E-state index in [-0.39, 0.29) is 17.6 Å². The second-order valence-electron chi connectivity index (χ2n) is 8.33. The molecule has 0 saturated carbocycles. The molecule has 30 heavy (non-hydrogen) atoms. The van der Waals surface area contributed by atoms with Crippen LogP contribution < -0.4 is 0 Å². The number of aryl methyl sites for hydroxylation is 2. The molecule has 1 aliphatic rings. The summed E-state index contributed by atoms with van der Waals surface area (Å²) < 4.78 is 28.5. The minimum Gasteiger partial charge on any atom is -0.361 e. The quantitative estimate of drug-likeness (QED) is 0.630. The molecule has 6 nitrogen and oxygen atoms in total. The van der Waals surface area contributed by atoms with Gasteiger partial charge in [-0.05, 0) is 67.1 Å². The number of benzene rings is 2. The van der Waals surface area contributed by atoms with Crippen LogP contribution >= 0.6 is 0 Å². The Balaban J connectivity index is 1.57. The van der Waals surface area contributed by atoms with Crippen LogP contribution in [0.4, 0.5) is 0 Å². The molecule has 158 valence electrons. The maximum Gasteiger partial charge on any atom is 0.253 e. The number of sulfone groups is 1. The third kappa shape index (κ3) is 4.26. The van der Waals surface area contributed by atoms with E-state index in [2.05, 4.69) is 11.2 Å². The van der Waals surface area contributed by atoms with Crippen LogP contribution in [0.25, 0.3) is 21.9 Å². The van der Waals surface area contributed by atoms with Gasteiger partial charge in [0, 0.05) is 30.5 Å². The van der Waals surface area contributed by atoms with Crippen molar-refractivity contribution in [2.75, 3.05) is 25.1 Å². The van der Waals surface area contributed by atoms with Gasteiger partial charge in [0.2, 0.25) is 0 Å². The number of rotatable bonds is 4. The van der Waals surface area contributed by atoms with E-state index < -0.39 is 9.84 Å². The van der Waals surface area contributed by atoms with Crippen LogP contribution in [0, 0.1) is 19.8 Å². The molecular formula is C23H26N2O4S. The van der Waals surface area contributed by atoms with Crippen LogP contribution in [0.2, 0.25) is 0 Å². The molecule has 1 amide bonds. The summed E-state index contributed by atoms with van der Waals surface area (Å²) >= 11 is 0. The lowest BCUT2D eigenvalue weighted by molar-refractivity contribution is 0.0684. The molecule has 2 aromatic carbocycles. The van der Waals surface area contributed by atoms with Crippen molar-refractivity contribution >= 4 is 26.5 Å². The minimum atomic E-state index is -3.04. The summed E-state index contributed by atoms with van der Waals surface area (Å²) in [6.07, 6.45) is 2.94. The first kappa shape index (κ1) is 20.6. The fraction of sp³-hybridized carbons (Fsp3) is 0.391. The lowest BCUT2D eigenvalue weighted by Crippen LogP contribution is -2.41. The minimum absolute atomic E-state index is 0.00997. The lowest BCUT2D eigenvalue weighted by atomic mass is 9.97. The Morgan fingerprint density at radius 1 is 1.17 bits per heavy atom. The van der Waals surface area contributed by atoms with Gasteiger partial charge in [-0.25, -0.2) is 8.42 Å². The smallest absolute Gasteiger partial charge is 0.253 e. The maximum atomic E-state index is 13.1. The van der Waals surface area contributed by atoms with Crippen molar-refractivity contribution in [3.8, 4) is 11.1 Å². The standard InChI is InChI=1S/C23H26N2O4S/c1-15-22(16(2)29-24-15)20-8-6-19-12-21(9-7-18(19)11-20)23(26)25-10-4-5-17(13-25)14-30(3,27)28/h6-9,11-12,17H,4-5,10,13-14H2,1-3H3. The summed E-state index contributed by atoms with van der Waals surface area (Å²) in [7, 11) is -3.04. The first-order valence-corrected chi connectivity index (χ1v) is 12.2. The van der Waals surface area contributed by atoms with Crippen molar-refractivity contribution in [1.29, 1.82) is 0 Å². The van der Waals surface area contributed by atoms with Crippen molar-refractivity contribution in [3.05, 3.63) is 53.4 Å². The van der Waals surface area contributed by atoms with Gasteiger partial charge in [-0.2, -0.15) is 0 Å². The highest BCUT2D eigenvalue weighted by Crippen LogP contribution is 2.30. The fourth-order valence-corrected chi connectivity index (χ4v) is 5.55. The largest absolute Gasteiger partial charge is 0.361 e. The van der Waals surface area contributed by atoms with E-state index in [1.165, 1.54) is 6.26 Å². The van der Waals surface area contributed by atoms with E-state index in [1.807, 2.05) is 44.2 Å². The zero-order valence-corrected chi connectivity index (χ0v) is 18.3. The summed E-state index contributed by atoms with van der Waals surface area (Å²) in [5, 5.41) is 6.05. The Kier molecular flexibility index (Phi) is 5.40. The Bertz CT molecular complexity index is 1190. The van der Waals surface area contributed by atoms with Crippen molar-refractivity contribution in [1.82, 2.24) is 10.1 Å². The molecule has 1 saturated heterocycles. The van der Waals surface area contributed by atoms with Crippen molar-refractivity contribution in [3.63, 3.8) is 0 Å². The van der Waals surface area contributed by atoms with Crippen molar-refractivity contribution in [2.45, 2.75) is 26.7 Å².